The summed E-state index contributed by atoms with van der Waals surface area (Å²) < 4.78 is 6.16. The summed E-state index contributed by atoms with van der Waals surface area (Å²) in [5, 5.41) is 10.1. The highest BCUT2D eigenvalue weighted by atomic mass is 16.5. The van der Waals surface area contributed by atoms with Crippen molar-refractivity contribution in [2.45, 2.75) is 45.6 Å². The molecule has 1 aliphatic rings. The van der Waals surface area contributed by atoms with Crippen LogP contribution in [0.1, 0.15) is 44.7 Å². The van der Waals surface area contributed by atoms with Crippen molar-refractivity contribution in [3.63, 3.8) is 0 Å². The van der Waals surface area contributed by atoms with Gasteiger partial charge in [-0.3, -0.25) is 0 Å². The highest BCUT2D eigenvalue weighted by Crippen LogP contribution is 2.39. The summed E-state index contributed by atoms with van der Waals surface area (Å²) in [6.07, 6.45) is 10.7. The molecule has 0 aliphatic carbocycles. The van der Waals surface area contributed by atoms with E-state index in [1.54, 1.807) is 6.07 Å². The van der Waals surface area contributed by atoms with Crippen molar-refractivity contribution in [2.24, 2.45) is 0 Å². The second-order valence-corrected chi connectivity index (χ2v) is 6.09. The third-order valence-electron chi connectivity index (χ3n) is 3.70. The molecule has 0 spiro atoms. The molecule has 0 unspecified atom stereocenters. The van der Waals surface area contributed by atoms with Gasteiger partial charge in [0, 0.05) is 0 Å². The molecule has 2 rings (SSSR count). The van der Waals surface area contributed by atoms with Crippen LogP contribution in [0.25, 0.3) is 6.08 Å². The zero-order chi connectivity index (χ0) is 15.5. The van der Waals surface area contributed by atoms with Gasteiger partial charge in [0.15, 0.2) is 0 Å². The van der Waals surface area contributed by atoms with Gasteiger partial charge < -0.3 is 9.84 Å². The SMILES string of the molecule is C=CCc1cc(O)c2c(c1)O[C@@](C)(CCC=C(C)C)C=C2. The maximum Gasteiger partial charge on any atom is 0.131 e. The number of ether oxygens (including phenoxy) is 1. The third-order valence-corrected chi connectivity index (χ3v) is 3.70. The molecule has 0 aromatic heterocycles. The molecule has 0 bridgehead atoms. The van der Waals surface area contributed by atoms with Crippen LogP contribution < -0.4 is 4.74 Å². The van der Waals surface area contributed by atoms with E-state index in [0.29, 0.717) is 0 Å². The third kappa shape index (κ3) is 3.78. The number of fused-ring (bicyclic) bond motifs is 1. The minimum Gasteiger partial charge on any atom is -0.507 e. The van der Waals surface area contributed by atoms with Crippen LogP contribution in [0.15, 0.2) is 42.5 Å². The molecule has 0 fully saturated rings. The molecule has 21 heavy (non-hydrogen) atoms. The fraction of sp³-hybridized carbons (Fsp3) is 0.368. The molecule has 0 radical (unpaired) electrons. The monoisotopic (exact) mass is 284 g/mol. The molecule has 1 N–H and O–H groups in total. The van der Waals surface area contributed by atoms with Crippen LogP contribution in [0.4, 0.5) is 0 Å². The maximum absolute atomic E-state index is 10.1. The van der Waals surface area contributed by atoms with E-state index in [0.717, 1.165) is 36.1 Å². The molecule has 1 heterocycles. The van der Waals surface area contributed by atoms with E-state index in [1.807, 2.05) is 24.3 Å². The molecule has 0 amide bonds. The predicted molar refractivity (Wildman–Crippen MR) is 88.7 cm³/mol. The highest BCUT2D eigenvalue weighted by molar-refractivity contribution is 5.67. The molecule has 2 nitrogen and oxygen atoms in total. The Morgan fingerprint density at radius 3 is 2.81 bits per heavy atom. The molecule has 1 aromatic rings. The van der Waals surface area contributed by atoms with E-state index in [-0.39, 0.29) is 11.4 Å². The first-order valence-electron chi connectivity index (χ1n) is 7.42. The van der Waals surface area contributed by atoms with Crippen LogP contribution in [0.3, 0.4) is 0 Å². The molecular formula is C19H24O2. The number of hydrogen-bond acceptors (Lipinski definition) is 2. The van der Waals surface area contributed by atoms with Crippen LogP contribution in [0.5, 0.6) is 11.5 Å². The molecule has 1 aromatic carbocycles. The smallest absolute Gasteiger partial charge is 0.131 e. The number of phenolic OH excluding ortho intramolecular Hbond substituents is 1. The van der Waals surface area contributed by atoms with Gasteiger partial charge in [0.05, 0.1) is 5.56 Å². The van der Waals surface area contributed by atoms with Crippen molar-refractivity contribution in [1.29, 1.82) is 0 Å². The van der Waals surface area contributed by atoms with E-state index >= 15 is 0 Å². The van der Waals surface area contributed by atoms with Gasteiger partial charge in [0.1, 0.15) is 17.1 Å². The quantitative estimate of drug-likeness (QED) is 0.768. The minimum absolute atomic E-state index is 0.270. The molecule has 0 saturated carbocycles. The van der Waals surface area contributed by atoms with Gasteiger partial charge >= 0.3 is 0 Å². The lowest BCUT2D eigenvalue weighted by atomic mass is 9.93. The van der Waals surface area contributed by atoms with Crippen molar-refractivity contribution < 1.29 is 9.84 Å². The molecule has 2 heteroatoms. The normalized spacial score (nSPS) is 19.6. The van der Waals surface area contributed by atoms with Crippen LogP contribution >= 0.6 is 0 Å². The Labute approximate surface area is 127 Å². The molecule has 1 atom stereocenters. The number of aromatic hydroxyl groups is 1. The lowest BCUT2D eigenvalue weighted by Gasteiger charge is -2.32. The Hall–Kier alpha value is -1.96. The first-order valence-corrected chi connectivity index (χ1v) is 7.42. The van der Waals surface area contributed by atoms with Gasteiger partial charge in [-0.15, -0.1) is 6.58 Å². The Balaban J connectivity index is 2.22. The summed E-state index contributed by atoms with van der Waals surface area (Å²) in [7, 11) is 0. The van der Waals surface area contributed by atoms with Crippen LogP contribution in [-0.4, -0.2) is 10.7 Å². The van der Waals surface area contributed by atoms with Crippen LogP contribution in [0.2, 0.25) is 0 Å². The fourth-order valence-electron chi connectivity index (χ4n) is 2.53. The Bertz CT molecular complexity index is 592. The summed E-state index contributed by atoms with van der Waals surface area (Å²) in [6.45, 7) is 10.0. The Kier molecular flexibility index (Phi) is 4.56. The fourth-order valence-corrected chi connectivity index (χ4v) is 2.53. The molecule has 0 saturated heterocycles. The van der Waals surface area contributed by atoms with Crippen molar-refractivity contribution in [3.8, 4) is 11.5 Å². The number of rotatable bonds is 5. The maximum atomic E-state index is 10.1. The largest absolute Gasteiger partial charge is 0.507 e. The first kappa shape index (κ1) is 15.4. The van der Waals surface area contributed by atoms with Crippen LogP contribution in [0, 0.1) is 0 Å². The lowest BCUT2D eigenvalue weighted by Crippen LogP contribution is -2.31. The average Bonchev–Trinajstić information content (AvgIpc) is 2.37. The zero-order valence-corrected chi connectivity index (χ0v) is 13.1. The van der Waals surface area contributed by atoms with Gasteiger partial charge in [-0.2, -0.15) is 0 Å². The van der Waals surface area contributed by atoms with Crippen molar-refractivity contribution in [3.05, 3.63) is 53.6 Å². The van der Waals surface area contributed by atoms with Crippen molar-refractivity contribution in [1.82, 2.24) is 0 Å². The molecular weight excluding hydrogens is 260 g/mol. The lowest BCUT2D eigenvalue weighted by molar-refractivity contribution is 0.128. The van der Waals surface area contributed by atoms with Gasteiger partial charge in [-0.1, -0.05) is 17.7 Å². The number of phenols is 1. The average molecular weight is 284 g/mol. The van der Waals surface area contributed by atoms with Crippen molar-refractivity contribution >= 4 is 6.08 Å². The van der Waals surface area contributed by atoms with Gasteiger partial charge in [0.25, 0.3) is 0 Å². The van der Waals surface area contributed by atoms with Gasteiger partial charge in [-0.05, 0) is 69.9 Å². The summed E-state index contributed by atoms with van der Waals surface area (Å²) in [4.78, 5) is 0. The molecule has 1 aliphatic heterocycles. The number of hydrogen-bond donors (Lipinski definition) is 1. The Morgan fingerprint density at radius 2 is 2.14 bits per heavy atom. The predicted octanol–water partition coefficient (Wildman–Crippen LogP) is 5.03. The first-order chi connectivity index (χ1) is 9.93. The van der Waals surface area contributed by atoms with Gasteiger partial charge in [-0.25, -0.2) is 0 Å². The summed E-state index contributed by atoms with van der Waals surface area (Å²) >= 11 is 0. The standard InChI is InChI=1S/C19H24O2/c1-5-7-15-12-17(20)16-9-11-19(4,21-18(16)13-15)10-6-8-14(2)3/h5,8-9,11-13,20H,1,6-7,10H2,2-4H3/t19-/m0/s1. The van der Waals surface area contributed by atoms with E-state index < -0.39 is 0 Å². The zero-order valence-electron chi connectivity index (χ0n) is 13.1. The van der Waals surface area contributed by atoms with E-state index in [2.05, 4.69) is 33.4 Å². The number of allylic oxidation sites excluding steroid dienone is 3. The summed E-state index contributed by atoms with van der Waals surface area (Å²) in [5.41, 5.74) is 2.79. The second-order valence-electron chi connectivity index (χ2n) is 6.09. The minimum atomic E-state index is -0.321. The highest BCUT2D eigenvalue weighted by Gasteiger charge is 2.28. The number of benzene rings is 1. The summed E-state index contributed by atoms with van der Waals surface area (Å²) in [5.74, 6) is 1.03. The van der Waals surface area contributed by atoms with Crippen molar-refractivity contribution in [2.75, 3.05) is 0 Å². The van der Waals surface area contributed by atoms with E-state index in [1.165, 1.54) is 5.57 Å². The van der Waals surface area contributed by atoms with Gasteiger partial charge in [0.2, 0.25) is 0 Å². The van der Waals surface area contributed by atoms with Crippen LogP contribution in [-0.2, 0) is 6.42 Å². The second kappa shape index (κ2) is 6.21. The summed E-state index contributed by atoms with van der Waals surface area (Å²) in [6, 6.07) is 3.78. The molecule has 112 valence electrons. The van der Waals surface area contributed by atoms with E-state index in [9.17, 15) is 5.11 Å². The van der Waals surface area contributed by atoms with E-state index in [4.69, 9.17) is 4.74 Å². The Morgan fingerprint density at radius 1 is 1.38 bits per heavy atom. The topological polar surface area (TPSA) is 29.5 Å².